The zero-order valence-corrected chi connectivity index (χ0v) is 8.08. The Labute approximate surface area is 82.3 Å². The number of hydrogen-bond acceptors (Lipinski definition) is 3. The summed E-state index contributed by atoms with van der Waals surface area (Å²) >= 11 is 0. The molecule has 0 aromatic carbocycles. The number of rotatable bonds is 5. The van der Waals surface area contributed by atoms with Crippen LogP contribution in [-0.4, -0.2) is 28.2 Å². The van der Waals surface area contributed by atoms with Crippen molar-refractivity contribution < 1.29 is 19.8 Å². The number of nitrogens with two attached hydrogens (primary N) is 1. The van der Waals surface area contributed by atoms with Crippen LogP contribution in [0.2, 0.25) is 0 Å². The summed E-state index contributed by atoms with van der Waals surface area (Å²) in [6.45, 7) is 1.56. The first-order valence-electron chi connectivity index (χ1n) is 3.65. The van der Waals surface area contributed by atoms with Gasteiger partial charge in [-0.25, -0.2) is 0 Å². The Morgan fingerprint density at radius 1 is 1.38 bits per heavy atom. The van der Waals surface area contributed by atoms with E-state index in [-0.39, 0.29) is 25.2 Å². The molecule has 0 aromatic rings. The van der Waals surface area contributed by atoms with Crippen molar-refractivity contribution in [3.05, 3.63) is 0 Å². The Morgan fingerprint density at radius 2 is 1.85 bits per heavy atom. The highest BCUT2D eigenvalue weighted by molar-refractivity contribution is 5.85. The molecule has 0 aliphatic heterocycles. The first-order chi connectivity index (χ1) is 5.45. The standard InChI is InChI=1S/C7H13NO4.ClH/c1-4(8)5(7(11)12)2-3-6(9)10;/h4-5H,2-3,8H2,1H3,(H,9,10)(H,11,12);1H. The molecule has 0 aliphatic rings. The van der Waals surface area contributed by atoms with Crippen LogP contribution < -0.4 is 5.73 Å². The van der Waals surface area contributed by atoms with Gasteiger partial charge in [0.1, 0.15) is 0 Å². The molecule has 2 atom stereocenters. The summed E-state index contributed by atoms with van der Waals surface area (Å²) in [6.07, 6.45) is -0.0686. The van der Waals surface area contributed by atoms with Crippen LogP contribution in [0.4, 0.5) is 0 Å². The summed E-state index contributed by atoms with van der Waals surface area (Å²) in [4.78, 5) is 20.6. The van der Waals surface area contributed by atoms with Crippen LogP contribution in [0.5, 0.6) is 0 Å². The van der Waals surface area contributed by atoms with Gasteiger partial charge in [0, 0.05) is 12.5 Å². The molecule has 6 heteroatoms. The lowest BCUT2D eigenvalue weighted by Crippen LogP contribution is -2.33. The molecule has 0 radical (unpaired) electrons. The van der Waals surface area contributed by atoms with Crippen LogP contribution in [0.1, 0.15) is 19.8 Å². The van der Waals surface area contributed by atoms with Gasteiger partial charge in [0.25, 0.3) is 0 Å². The fraction of sp³-hybridized carbons (Fsp3) is 0.714. The van der Waals surface area contributed by atoms with E-state index in [1.807, 2.05) is 0 Å². The van der Waals surface area contributed by atoms with E-state index in [4.69, 9.17) is 15.9 Å². The third-order valence-electron chi connectivity index (χ3n) is 1.62. The van der Waals surface area contributed by atoms with Gasteiger partial charge in [0.15, 0.2) is 0 Å². The second-order valence-electron chi connectivity index (χ2n) is 2.74. The largest absolute Gasteiger partial charge is 0.481 e. The van der Waals surface area contributed by atoms with Gasteiger partial charge in [-0.2, -0.15) is 0 Å². The van der Waals surface area contributed by atoms with E-state index in [1.165, 1.54) is 0 Å². The molecule has 0 spiro atoms. The van der Waals surface area contributed by atoms with Crippen molar-refractivity contribution in [3.8, 4) is 0 Å². The van der Waals surface area contributed by atoms with Gasteiger partial charge in [0.2, 0.25) is 0 Å². The van der Waals surface area contributed by atoms with Crippen LogP contribution >= 0.6 is 12.4 Å². The summed E-state index contributed by atoms with van der Waals surface area (Å²) in [6, 6.07) is -0.512. The highest BCUT2D eigenvalue weighted by Crippen LogP contribution is 2.10. The van der Waals surface area contributed by atoms with Crippen LogP contribution in [0.15, 0.2) is 0 Å². The average molecular weight is 212 g/mol. The molecule has 13 heavy (non-hydrogen) atoms. The first kappa shape index (κ1) is 14.7. The van der Waals surface area contributed by atoms with Gasteiger partial charge in [-0.3, -0.25) is 9.59 Å². The highest BCUT2D eigenvalue weighted by Gasteiger charge is 2.22. The maximum absolute atomic E-state index is 10.5. The second kappa shape index (κ2) is 6.68. The summed E-state index contributed by atoms with van der Waals surface area (Å²) in [5.41, 5.74) is 5.35. The van der Waals surface area contributed by atoms with E-state index in [0.29, 0.717) is 0 Å². The Morgan fingerprint density at radius 3 is 2.08 bits per heavy atom. The molecule has 0 fully saturated rings. The summed E-state index contributed by atoms with van der Waals surface area (Å²) in [5, 5.41) is 16.9. The fourth-order valence-electron chi connectivity index (χ4n) is 0.890. The minimum atomic E-state index is -1.04. The summed E-state index contributed by atoms with van der Waals surface area (Å²) < 4.78 is 0. The quantitative estimate of drug-likeness (QED) is 0.608. The summed E-state index contributed by atoms with van der Waals surface area (Å²) in [7, 11) is 0. The van der Waals surface area contributed by atoms with Crippen molar-refractivity contribution in [2.45, 2.75) is 25.8 Å². The van der Waals surface area contributed by atoms with Crippen LogP contribution in [0, 0.1) is 5.92 Å². The number of halogens is 1. The Balaban J connectivity index is 0. The molecule has 4 N–H and O–H groups in total. The van der Waals surface area contributed by atoms with E-state index in [0.717, 1.165) is 0 Å². The number of carboxylic acids is 2. The predicted molar refractivity (Wildman–Crippen MR) is 48.9 cm³/mol. The van der Waals surface area contributed by atoms with Gasteiger partial charge in [-0.1, -0.05) is 0 Å². The molecule has 0 aliphatic carbocycles. The molecule has 0 rings (SSSR count). The lowest BCUT2D eigenvalue weighted by molar-refractivity contribution is -0.143. The molecular formula is C7H14ClNO4. The SMILES string of the molecule is CC(N)C(CCC(=O)O)C(=O)O.Cl. The van der Waals surface area contributed by atoms with Crippen LogP contribution in [0.25, 0.3) is 0 Å². The van der Waals surface area contributed by atoms with Gasteiger partial charge < -0.3 is 15.9 Å². The zero-order valence-electron chi connectivity index (χ0n) is 7.27. The second-order valence-corrected chi connectivity index (χ2v) is 2.74. The van der Waals surface area contributed by atoms with Crippen molar-refractivity contribution in [3.63, 3.8) is 0 Å². The van der Waals surface area contributed by atoms with E-state index in [1.54, 1.807) is 6.92 Å². The monoisotopic (exact) mass is 211 g/mol. The lowest BCUT2D eigenvalue weighted by Gasteiger charge is -2.14. The third-order valence-corrected chi connectivity index (χ3v) is 1.62. The molecular weight excluding hydrogens is 198 g/mol. The normalized spacial score (nSPS) is 14.0. The molecule has 0 saturated carbocycles. The molecule has 0 saturated heterocycles. The molecule has 2 unspecified atom stereocenters. The third kappa shape index (κ3) is 6.36. The fourth-order valence-corrected chi connectivity index (χ4v) is 0.890. The van der Waals surface area contributed by atoms with Crippen LogP contribution in [-0.2, 0) is 9.59 Å². The Bertz CT molecular complexity index is 183. The minimum Gasteiger partial charge on any atom is -0.481 e. The van der Waals surface area contributed by atoms with Crippen LogP contribution in [0.3, 0.4) is 0 Å². The van der Waals surface area contributed by atoms with Gasteiger partial charge in [-0.15, -0.1) is 12.4 Å². The molecule has 0 amide bonds. The summed E-state index contributed by atoms with van der Waals surface area (Å²) in [5.74, 6) is -2.80. The van der Waals surface area contributed by atoms with Gasteiger partial charge >= 0.3 is 11.9 Å². The Hall–Kier alpha value is -0.810. The van der Waals surface area contributed by atoms with E-state index >= 15 is 0 Å². The number of aliphatic carboxylic acids is 2. The lowest BCUT2D eigenvalue weighted by atomic mass is 9.97. The van der Waals surface area contributed by atoms with E-state index in [9.17, 15) is 9.59 Å². The number of carbonyl (C=O) groups is 2. The smallest absolute Gasteiger partial charge is 0.308 e. The molecule has 78 valence electrons. The highest BCUT2D eigenvalue weighted by atomic mass is 35.5. The first-order valence-corrected chi connectivity index (χ1v) is 3.65. The molecule has 0 aromatic heterocycles. The van der Waals surface area contributed by atoms with Gasteiger partial charge in [0.05, 0.1) is 5.92 Å². The maximum Gasteiger partial charge on any atom is 0.308 e. The Kier molecular flexibility index (Phi) is 7.55. The van der Waals surface area contributed by atoms with Crippen molar-refractivity contribution >= 4 is 24.3 Å². The average Bonchev–Trinajstić information content (AvgIpc) is 1.84. The molecule has 5 nitrogen and oxygen atoms in total. The van der Waals surface area contributed by atoms with Crippen molar-refractivity contribution in [1.82, 2.24) is 0 Å². The van der Waals surface area contributed by atoms with Crippen molar-refractivity contribution in [2.75, 3.05) is 0 Å². The zero-order chi connectivity index (χ0) is 9.72. The minimum absolute atomic E-state index is 0. The van der Waals surface area contributed by atoms with Gasteiger partial charge in [-0.05, 0) is 13.3 Å². The molecule has 0 heterocycles. The van der Waals surface area contributed by atoms with E-state index in [2.05, 4.69) is 0 Å². The number of hydrogen-bond donors (Lipinski definition) is 3. The van der Waals surface area contributed by atoms with E-state index < -0.39 is 23.9 Å². The predicted octanol–water partition coefficient (Wildman–Crippen LogP) is 0.321. The topological polar surface area (TPSA) is 101 Å². The maximum atomic E-state index is 10.5. The molecule has 0 bridgehead atoms. The van der Waals surface area contributed by atoms with Crippen molar-refractivity contribution in [2.24, 2.45) is 11.7 Å². The number of carboxylic acid groups (broad SMARTS) is 2. The van der Waals surface area contributed by atoms with Crippen molar-refractivity contribution in [1.29, 1.82) is 0 Å².